The first-order valence-electron chi connectivity index (χ1n) is 13.6. The molecule has 0 saturated heterocycles. The number of unbranched alkanes of at least 4 members (excludes halogenated alkanes) is 2. The topological polar surface area (TPSA) is 38.7 Å². The van der Waals surface area contributed by atoms with Crippen molar-refractivity contribution in [2.45, 2.75) is 135 Å². The highest BCUT2D eigenvalue weighted by molar-refractivity contribution is 6.74. The Morgan fingerprint density at radius 1 is 1.03 bits per heavy atom. The monoisotopic (exact) mass is 508 g/mol. The highest BCUT2D eigenvalue weighted by Gasteiger charge is 2.47. The van der Waals surface area contributed by atoms with Crippen LogP contribution in [0.5, 0.6) is 0 Å². The Hall–Kier alpha value is -0.386. The molecule has 0 bridgehead atoms. The molecule has 0 amide bonds. The van der Waals surface area contributed by atoms with E-state index in [0.717, 1.165) is 12.8 Å². The molecule has 0 radical (unpaired) electrons. The van der Waals surface area contributed by atoms with E-state index in [1.807, 2.05) is 0 Å². The van der Waals surface area contributed by atoms with Crippen LogP contribution < -0.4 is 0 Å². The molecule has 34 heavy (non-hydrogen) atoms. The Kier molecular flexibility index (Phi) is 11.8. The highest BCUT2D eigenvalue weighted by Crippen LogP contribution is 2.46. The lowest BCUT2D eigenvalue weighted by Gasteiger charge is -2.40. The van der Waals surface area contributed by atoms with E-state index < -0.39 is 16.6 Å². The van der Waals surface area contributed by atoms with Gasteiger partial charge in [-0.15, -0.1) is 12.3 Å². The summed E-state index contributed by atoms with van der Waals surface area (Å²) in [7, 11) is -3.83. The molecular weight excluding hydrogens is 452 g/mol. The minimum atomic E-state index is -1.94. The molecule has 1 N–H and O–H groups in total. The Labute approximate surface area is 214 Å². The van der Waals surface area contributed by atoms with Crippen LogP contribution in [-0.4, -0.2) is 40.6 Å². The molecule has 198 valence electrons. The summed E-state index contributed by atoms with van der Waals surface area (Å²) in [5.41, 5.74) is 0. The molecule has 1 fully saturated rings. The summed E-state index contributed by atoms with van der Waals surface area (Å²) < 4.78 is 13.8. The summed E-state index contributed by atoms with van der Waals surface area (Å²) in [5.74, 6) is 3.56. The molecule has 3 nitrogen and oxygen atoms in total. The Balaban J connectivity index is 3.26. The minimum absolute atomic E-state index is 0.108. The van der Waals surface area contributed by atoms with Gasteiger partial charge >= 0.3 is 0 Å². The van der Waals surface area contributed by atoms with Crippen LogP contribution in [0, 0.1) is 30.1 Å². The Morgan fingerprint density at radius 2 is 1.62 bits per heavy atom. The van der Waals surface area contributed by atoms with E-state index in [9.17, 15) is 5.11 Å². The van der Waals surface area contributed by atoms with Gasteiger partial charge in [-0.25, -0.2) is 0 Å². The summed E-state index contributed by atoms with van der Waals surface area (Å²) >= 11 is 0. The summed E-state index contributed by atoms with van der Waals surface area (Å²) in [6, 6.07) is 0. The van der Waals surface area contributed by atoms with Crippen LogP contribution in [0.3, 0.4) is 0 Å². The van der Waals surface area contributed by atoms with E-state index in [2.05, 4.69) is 92.7 Å². The van der Waals surface area contributed by atoms with Crippen LogP contribution in [0.4, 0.5) is 0 Å². The third-order valence-corrected chi connectivity index (χ3v) is 17.8. The molecule has 1 aliphatic carbocycles. The first-order chi connectivity index (χ1) is 15.5. The molecule has 0 spiro atoms. The smallest absolute Gasteiger partial charge is 0.192 e. The largest absolute Gasteiger partial charge is 0.413 e. The zero-order chi connectivity index (χ0) is 26.4. The van der Waals surface area contributed by atoms with Crippen molar-refractivity contribution in [2.24, 2.45) is 17.8 Å². The SMILES string of the molecule is C#CC[C@@H]1[C@@H](CO)C[C@@H](O[Si](C)(C)C(C)(C)C)[C@@H]1/C=C/[C@H](CCCCC)O[Si](C)(C)C(C)(C)C. The number of hydrogen-bond donors (Lipinski definition) is 1. The van der Waals surface area contributed by atoms with Crippen molar-refractivity contribution < 1.29 is 14.0 Å². The van der Waals surface area contributed by atoms with Crippen molar-refractivity contribution in [3.8, 4) is 12.3 Å². The molecule has 0 aromatic rings. The van der Waals surface area contributed by atoms with Crippen LogP contribution in [-0.2, 0) is 8.85 Å². The van der Waals surface area contributed by atoms with E-state index in [1.165, 1.54) is 19.3 Å². The number of rotatable bonds is 12. The molecule has 0 aliphatic heterocycles. The first kappa shape index (κ1) is 31.6. The van der Waals surface area contributed by atoms with Crippen molar-refractivity contribution in [2.75, 3.05) is 6.61 Å². The molecule has 1 aliphatic rings. The first-order valence-corrected chi connectivity index (χ1v) is 19.4. The van der Waals surface area contributed by atoms with Crippen LogP contribution in [0.2, 0.25) is 36.3 Å². The van der Waals surface area contributed by atoms with E-state index in [4.69, 9.17) is 15.3 Å². The number of hydrogen-bond acceptors (Lipinski definition) is 3. The molecule has 1 saturated carbocycles. The van der Waals surface area contributed by atoms with Gasteiger partial charge in [0.1, 0.15) is 0 Å². The summed E-state index contributed by atoms with van der Waals surface area (Å²) in [4.78, 5) is 0. The van der Waals surface area contributed by atoms with E-state index in [-0.39, 0.29) is 46.6 Å². The molecule has 0 aromatic heterocycles. The molecule has 1 rings (SSSR count). The third-order valence-electron chi connectivity index (χ3n) is 8.80. The summed E-state index contributed by atoms with van der Waals surface area (Å²) in [5, 5.41) is 10.5. The molecule has 5 heteroatoms. The maximum atomic E-state index is 10.2. The average molecular weight is 509 g/mol. The third kappa shape index (κ3) is 8.62. The standard InChI is InChI=1S/C29H56O3Si2/c1-13-15-16-18-24(31-33(9,10)28(3,4)5)19-20-26-25(17-14-2)23(22-30)21-27(26)32-34(11,12)29(6,7)8/h2,19-20,23-27,30H,13,15-18,21-22H2,1,3-12H3/b20-19+/t23-,24+,25-,26-,27-/m1/s1. The maximum absolute atomic E-state index is 10.2. The quantitative estimate of drug-likeness (QED) is 0.125. The van der Waals surface area contributed by atoms with Crippen molar-refractivity contribution in [1.29, 1.82) is 0 Å². The molecule has 5 atom stereocenters. The van der Waals surface area contributed by atoms with Gasteiger partial charge < -0.3 is 14.0 Å². The second-order valence-electron chi connectivity index (χ2n) is 13.5. The lowest BCUT2D eigenvalue weighted by atomic mass is 9.86. The van der Waals surface area contributed by atoms with Crippen LogP contribution >= 0.6 is 0 Å². The number of terminal acetylenes is 1. The second-order valence-corrected chi connectivity index (χ2v) is 23.1. The number of aliphatic hydroxyl groups is 1. The van der Waals surface area contributed by atoms with Gasteiger partial charge in [-0.2, -0.15) is 0 Å². The highest BCUT2D eigenvalue weighted by atomic mass is 28.4. The predicted molar refractivity (Wildman–Crippen MR) is 153 cm³/mol. The van der Waals surface area contributed by atoms with Crippen molar-refractivity contribution in [3.05, 3.63) is 12.2 Å². The van der Waals surface area contributed by atoms with Gasteiger partial charge in [-0.05, 0) is 60.9 Å². The molecule has 0 aromatic carbocycles. The van der Waals surface area contributed by atoms with Gasteiger partial charge in [0.2, 0.25) is 0 Å². The van der Waals surface area contributed by atoms with Crippen LogP contribution in [0.15, 0.2) is 12.2 Å². The van der Waals surface area contributed by atoms with Crippen molar-refractivity contribution >= 4 is 16.6 Å². The predicted octanol–water partition coefficient (Wildman–Crippen LogP) is 8.17. The van der Waals surface area contributed by atoms with Gasteiger partial charge in [0.25, 0.3) is 0 Å². The van der Waals surface area contributed by atoms with Crippen LogP contribution in [0.1, 0.15) is 87.0 Å². The second kappa shape index (κ2) is 12.7. The van der Waals surface area contributed by atoms with E-state index in [0.29, 0.717) is 6.42 Å². The van der Waals surface area contributed by atoms with Gasteiger partial charge in [0.05, 0.1) is 12.2 Å². The van der Waals surface area contributed by atoms with Crippen molar-refractivity contribution in [1.82, 2.24) is 0 Å². The van der Waals surface area contributed by atoms with E-state index >= 15 is 0 Å². The average Bonchev–Trinajstić information content (AvgIpc) is 3.00. The lowest BCUT2D eigenvalue weighted by molar-refractivity contribution is 0.147. The normalized spacial score (nSPS) is 25.6. The van der Waals surface area contributed by atoms with Gasteiger partial charge in [0, 0.05) is 18.9 Å². The van der Waals surface area contributed by atoms with Crippen molar-refractivity contribution in [3.63, 3.8) is 0 Å². The fourth-order valence-electron chi connectivity index (χ4n) is 4.41. The van der Waals surface area contributed by atoms with E-state index in [1.54, 1.807) is 0 Å². The van der Waals surface area contributed by atoms with Gasteiger partial charge in [-0.3, -0.25) is 0 Å². The fraction of sp³-hybridized carbons (Fsp3) is 0.862. The fourth-order valence-corrected chi connectivity index (χ4v) is 7.09. The number of aliphatic hydroxyl groups excluding tert-OH is 1. The zero-order valence-electron chi connectivity index (χ0n) is 24.3. The minimum Gasteiger partial charge on any atom is -0.413 e. The van der Waals surface area contributed by atoms with Gasteiger partial charge in [-0.1, -0.05) is 79.9 Å². The Morgan fingerprint density at radius 3 is 2.09 bits per heavy atom. The maximum Gasteiger partial charge on any atom is 0.192 e. The zero-order valence-corrected chi connectivity index (χ0v) is 26.3. The van der Waals surface area contributed by atoms with Gasteiger partial charge in [0.15, 0.2) is 16.6 Å². The molecule has 0 heterocycles. The lowest BCUT2D eigenvalue weighted by Crippen LogP contribution is -2.45. The molecule has 0 unspecified atom stereocenters. The Bertz CT molecular complexity index is 679. The molecular formula is C29H56O3Si2. The summed E-state index contributed by atoms with van der Waals surface area (Å²) in [6.07, 6.45) is 17.0. The summed E-state index contributed by atoms with van der Waals surface area (Å²) in [6.45, 7) is 25.5. The van der Waals surface area contributed by atoms with Crippen LogP contribution in [0.25, 0.3) is 0 Å².